The first-order valence-electron chi connectivity index (χ1n) is 12.8. The van der Waals surface area contributed by atoms with Crippen LogP contribution in [0, 0.1) is 5.92 Å². The van der Waals surface area contributed by atoms with Crippen LogP contribution in [-0.4, -0.2) is 51.5 Å². The molecule has 0 unspecified atom stereocenters. The van der Waals surface area contributed by atoms with E-state index in [0.717, 1.165) is 61.6 Å². The van der Waals surface area contributed by atoms with Crippen molar-refractivity contribution in [2.75, 3.05) is 31.9 Å². The van der Waals surface area contributed by atoms with Crippen LogP contribution in [0.1, 0.15) is 47.6 Å². The highest BCUT2D eigenvalue weighted by atomic mass is 16.3. The molecule has 0 aliphatic carbocycles. The molecule has 36 heavy (non-hydrogen) atoms. The van der Waals surface area contributed by atoms with Gasteiger partial charge >= 0.3 is 0 Å². The predicted octanol–water partition coefficient (Wildman–Crippen LogP) is 4.12. The second-order valence-electron chi connectivity index (χ2n) is 9.58. The molecular formula is C28H34N6O2. The van der Waals surface area contributed by atoms with Crippen molar-refractivity contribution in [1.82, 2.24) is 24.8 Å². The summed E-state index contributed by atoms with van der Waals surface area (Å²) in [5.41, 5.74) is 8.82. The summed E-state index contributed by atoms with van der Waals surface area (Å²) < 4.78 is 7.80. The van der Waals surface area contributed by atoms with Crippen LogP contribution in [0.25, 0.3) is 11.2 Å². The first-order valence-corrected chi connectivity index (χ1v) is 12.8. The lowest BCUT2D eigenvalue weighted by Gasteiger charge is -2.31. The average Bonchev–Trinajstić information content (AvgIpc) is 3.53. The Morgan fingerprint density at radius 3 is 2.75 bits per heavy atom. The fourth-order valence-electron chi connectivity index (χ4n) is 5.02. The van der Waals surface area contributed by atoms with E-state index in [-0.39, 0.29) is 5.91 Å². The molecule has 1 saturated heterocycles. The van der Waals surface area contributed by atoms with Gasteiger partial charge in [-0.3, -0.25) is 4.79 Å². The van der Waals surface area contributed by atoms with Crippen LogP contribution in [0.5, 0.6) is 0 Å². The van der Waals surface area contributed by atoms with Crippen LogP contribution in [0.4, 0.5) is 5.69 Å². The van der Waals surface area contributed by atoms with Gasteiger partial charge in [0.25, 0.3) is 5.91 Å². The smallest absolute Gasteiger partial charge is 0.253 e. The number of aromatic nitrogens is 3. The number of amides is 1. The Labute approximate surface area is 211 Å². The predicted molar refractivity (Wildman–Crippen MR) is 141 cm³/mol. The molecule has 188 valence electrons. The van der Waals surface area contributed by atoms with Crippen molar-refractivity contribution in [3.05, 3.63) is 78.1 Å². The summed E-state index contributed by atoms with van der Waals surface area (Å²) in [5.74, 6) is 2.53. The van der Waals surface area contributed by atoms with Crippen LogP contribution in [0.2, 0.25) is 0 Å². The lowest BCUT2D eigenvalue weighted by Crippen LogP contribution is -2.35. The molecule has 1 aliphatic heterocycles. The number of rotatable bonds is 10. The lowest BCUT2D eigenvalue weighted by molar-refractivity contribution is 0.0953. The van der Waals surface area contributed by atoms with Crippen LogP contribution in [-0.2, 0) is 13.0 Å². The molecule has 0 radical (unpaired) electrons. The number of carbonyl (C=O) groups is 1. The Balaban J connectivity index is 1.07. The van der Waals surface area contributed by atoms with Gasteiger partial charge in [0.2, 0.25) is 0 Å². The van der Waals surface area contributed by atoms with E-state index in [1.165, 1.54) is 12.8 Å². The zero-order chi connectivity index (χ0) is 24.7. The molecular weight excluding hydrogens is 452 g/mol. The number of likely N-dealkylation sites (tertiary alicyclic amines) is 1. The van der Waals surface area contributed by atoms with Crippen molar-refractivity contribution in [3.63, 3.8) is 0 Å². The zero-order valence-corrected chi connectivity index (χ0v) is 20.6. The Hall–Kier alpha value is -3.65. The van der Waals surface area contributed by atoms with Crippen molar-refractivity contribution in [2.24, 2.45) is 5.92 Å². The molecule has 0 spiro atoms. The number of furan rings is 1. The number of imidazole rings is 1. The van der Waals surface area contributed by atoms with Crippen molar-refractivity contribution in [2.45, 2.75) is 38.6 Å². The van der Waals surface area contributed by atoms with Gasteiger partial charge in [-0.2, -0.15) is 0 Å². The molecule has 1 aliphatic rings. The molecule has 3 N–H and O–H groups in total. The van der Waals surface area contributed by atoms with Crippen molar-refractivity contribution < 1.29 is 9.21 Å². The number of unbranched alkanes of at least 4 members (excludes halogenated alkanes) is 1. The van der Waals surface area contributed by atoms with E-state index in [9.17, 15) is 4.79 Å². The SMILES string of the molecule is Nc1ccccc1C(=O)NCCCCN1CCC(Cc2nc3cccnc3n2Cc2ccco2)CC1. The number of anilines is 1. The monoisotopic (exact) mass is 486 g/mol. The molecule has 3 aromatic heterocycles. The summed E-state index contributed by atoms with van der Waals surface area (Å²) in [6.45, 7) is 4.60. The Morgan fingerprint density at radius 1 is 1.08 bits per heavy atom. The summed E-state index contributed by atoms with van der Waals surface area (Å²) in [5, 5.41) is 2.99. The minimum atomic E-state index is -0.0952. The first kappa shape index (κ1) is 24.1. The Morgan fingerprint density at radius 2 is 1.94 bits per heavy atom. The number of para-hydroxylation sites is 1. The van der Waals surface area contributed by atoms with Gasteiger partial charge in [0.15, 0.2) is 5.65 Å². The number of carbonyl (C=O) groups excluding carboxylic acids is 1. The molecule has 5 rings (SSSR count). The third kappa shape index (κ3) is 5.76. The Kier molecular flexibility index (Phi) is 7.61. The summed E-state index contributed by atoms with van der Waals surface area (Å²) in [7, 11) is 0. The molecule has 4 heterocycles. The van der Waals surface area contributed by atoms with Gasteiger partial charge in [-0.1, -0.05) is 12.1 Å². The highest BCUT2D eigenvalue weighted by Crippen LogP contribution is 2.24. The minimum absolute atomic E-state index is 0.0952. The molecule has 1 aromatic carbocycles. The van der Waals surface area contributed by atoms with E-state index in [2.05, 4.69) is 19.8 Å². The number of nitrogens with two attached hydrogens (primary N) is 1. The average molecular weight is 487 g/mol. The maximum absolute atomic E-state index is 12.3. The molecule has 4 aromatic rings. The van der Waals surface area contributed by atoms with Gasteiger partial charge in [-0.05, 0) is 87.6 Å². The van der Waals surface area contributed by atoms with Crippen molar-refractivity contribution >= 4 is 22.8 Å². The number of nitrogens with zero attached hydrogens (tertiary/aromatic N) is 4. The van der Waals surface area contributed by atoms with Crippen LogP contribution >= 0.6 is 0 Å². The fourth-order valence-corrected chi connectivity index (χ4v) is 5.02. The number of hydrogen-bond acceptors (Lipinski definition) is 6. The van der Waals surface area contributed by atoms with E-state index < -0.39 is 0 Å². The van der Waals surface area contributed by atoms with E-state index in [4.69, 9.17) is 15.1 Å². The quantitative estimate of drug-likeness (QED) is 0.258. The van der Waals surface area contributed by atoms with Crippen molar-refractivity contribution in [1.29, 1.82) is 0 Å². The number of nitrogens with one attached hydrogen (secondary N) is 1. The topological polar surface area (TPSA) is 102 Å². The van der Waals surface area contributed by atoms with Gasteiger partial charge in [0.1, 0.15) is 17.1 Å². The van der Waals surface area contributed by atoms with Gasteiger partial charge in [-0.25, -0.2) is 9.97 Å². The molecule has 0 saturated carbocycles. The van der Waals surface area contributed by atoms with Gasteiger partial charge in [0, 0.05) is 24.8 Å². The summed E-state index contributed by atoms with van der Waals surface area (Å²) in [6, 6.07) is 15.1. The number of piperidine rings is 1. The fraction of sp³-hybridized carbons (Fsp3) is 0.393. The standard InChI is InChI=1S/C28H34N6O2/c29-24-9-2-1-8-23(24)28(35)31-13-3-4-15-33-16-11-21(12-17-33)19-26-32-25-10-5-14-30-27(25)34(26)20-22-7-6-18-36-22/h1-2,5-10,14,18,21H,3-4,11-13,15-17,19-20,29H2,(H,31,35). The van der Waals surface area contributed by atoms with E-state index in [1.807, 2.05) is 42.6 Å². The second kappa shape index (κ2) is 11.4. The van der Waals surface area contributed by atoms with E-state index in [0.29, 0.717) is 30.3 Å². The van der Waals surface area contributed by atoms with Crippen molar-refractivity contribution in [3.8, 4) is 0 Å². The third-order valence-corrected chi connectivity index (χ3v) is 7.05. The first-order chi connectivity index (χ1) is 17.7. The van der Waals surface area contributed by atoms with Crippen LogP contribution < -0.4 is 11.1 Å². The number of benzene rings is 1. The van der Waals surface area contributed by atoms with E-state index >= 15 is 0 Å². The highest BCUT2D eigenvalue weighted by Gasteiger charge is 2.22. The number of nitrogen functional groups attached to an aromatic ring is 1. The highest BCUT2D eigenvalue weighted by molar-refractivity contribution is 5.99. The normalized spacial score (nSPS) is 14.9. The number of fused-ring (bicyclic) bond motifs is 1. The summed E-state index contributed by atoms with van der Waals surface area (Å²) >= 11 is 0. The second-order valence-corrected chi connectivity index (χ2v) is 9.58. The molecule has 1 fully saturated rings. The van der Waals surface area contributed by atoms with Crippen LogP contribution in [0.3, 0.4) is 0 Å². The van der Waals surface area contributed by atoms with Gasteiger partial charge in [-0.15, -0.1) is 0 Å². The Bertz CT molecular complexity index is 1270. The van der Waals surface area contributed by atoms with E-state index in [1.54, 1.807) is 18.4 Å². The lowest BCUT2D eigenvalue weighted by atomic mass is 9.93. The molecule has 8 heteroatoms. The summed E-state index contributed by atoms with van der Waals surface area (Å²) in [4.78, 5) is 24.3. The number of pyridine rings is 1. The number of hydrogen-bond donors (Lipinski definition) is 2. The largest absolute Gasteiger partial charge is 0.467 e. The van der Waals surface area contributed by atoms with Gasteiger partial charge in [0.05, 0.1) is 18.4 Å². The molecule has 0 bridgehead atoms. The van der Waals surface area contributed by atoms with Crippen LogP contribution in [0.15, 0.2) is 65.4 Å². The molecule has 0 atom stereocenters. The maximum Gasteiger partial charge on any atom is 0.253 e. The summed E-state index contributed by atoms with van der Waals surface area (Å²) in [6.07, 6.45) is 8.86. The minimum Gasteiger partial charge on any atom is -0.467 e. The molecule has 1 amide bonds. The van der Waals surface area contributed by atoms with Gasteiger partial charge < -0.3 is 24.9 Å². The maximum atomic E-state index is 12.3. The molecule has 8 nitrogen and oxygen atoms in total. The zero-order valence-electron chi connectivity index (χ0n) is 20.6. The third-order valence-electron chi connectivity index (χ3n) is 7.05.